The Morgan fingerprint density at radius 2 is 1.71 bits per heavy atom. The van der Waals surface area contributed by atoms with Gasteiger partial charge in [0, 0.05) is 26.1 Å². The van der Waals surface area contributed by atoms with Crippen molar-refractivity contribution in [1.29, 1.82) is 0 Å². The highest BCUT2D eigenvalue weighted by Crippen LogP contribution is 2.31. The van der Waals surface area contributed by atoms with Gasteiger partial charge in [-0.15, -0.1) is 0 Å². The number of β-amino-alcohol motifs (C(OH)–C–C–N with tert-alkyl or cyclic N) is 1. The van der Waals surface area contributed by atoms with Gasteiger partial charge < -0.3 is 14.6 Å². The van der Waals surface area contributed by atoms with Gasteiger partial charge in [0.1, 0.15) is 5.75 Å². The molecule has 2 aliphatic rings. The van der Waals surface area contributed by atoms with Crippen molar-refractivity contribution in [3.8, 4) is 16.9 Å². The molecule has 1 fully saturated rings. The topological polar surface area (TPSA) is 41.9 Å². The molecular formula is C20H23NO3. The first kappa shape index (κ1) is 15.6. The average molecular weight is 325 g/mol. The van der Waals surface area contributed by atoms with Gasteiger partial charge in [-0.25, -0.2) is 0 Å². The van der Waals surface area contributed by atoms with E-state index >= 15 is 0 Å². The van der Waals surface area contributed by atoms with Crippen molar-refractivity contribution in [1.82, 2.24) is 4.90 Å². The maximum absolute atomic E-state index is 10.5. The van der Waals surface area contributed by atoms with Gasteiger partial charge in [0.2, 0.25) is 0 Å². The van der Waals surface area contributed by atoms with E-state index in [9.17, 15) is 5.11 Å². The minimum absolute atomic E-state index is 0.453. The fraction of sp³-hybridized carbons (Fsp3) is 0.400. The molecule has 2 aliphatic heterocycles. The van der Waals surface area contributed by atoms with E-state index in [2.05, 4.69) is 35.2 Å². The van der Waals surface area contributed by atoms with Crippen LogP contribution in [0.25, 0.3) is 11.1 Å². The standard InChI is InChI=1S/C20H23NO3/c22-19(14-21-8-11-23-12-9-21)16-3-1-15(2-4-16)17-5-6-20-18(13-17)7-10-24-20/h1-6,13,19,22H,7-12,14H2/t19-/m0/s1. The third-order valence-corrected chi connectivity index (χ3v) is 4.85. The highest BCUT2D eigenvalue weighted by molar-refractivity contribution is 5.66. The Bertz CT molecular complexity index is 693. The molecule has 0 saturated carbocycles. The molecule has 1 saturated heterocycles. The predicted molar refractivity (Wildman–Crippen MR) is 93.3 cm³/mol. The first-order valence-corrected chi connectivity index (χ1v) is 8.64. The van der Waals surface area contributed by atoms with Gasteiger partial charge in [0.15, 0.2) is 0 Å². The van der Waals surface area contributed by atoms with Crippen LogP contribution >= 0.6 is 0 Å². The summed E-state index contributed by atoms with van der Waals surface area (Å²) in [5.41, 5.74) is 4.62. The van der Waals surface area contributed by atoms with Crippen molar-refractivity contribution in [2.75, 3.05) is 39.5 Å². The first-order chi connectivity index (χ1) is 11.8. The maximum atomic E-state index is 10.5. The zero-order valence-corrected chi connectivity index (χ0v) is 13.8. The number of benzene rings is 2. The number of rotatable bonds is 4. The van der Waals surface area contributed by atoms with Crippen molar-refractivity contribution >= 4 is 0 Å². The molecule has 126 valence electrons. The summed E-state index contributed by atoms with van der Waals surface area (Å²) in [6.45, 7) is 4.75. The minimum atomic E-state index is -0.453. The van der Waals surface area contributed by atoms with Crippen LogP contribution in [0.2, 0.25) is 0 Å². The zero-order valence-electron chi connectivity index (χ0n) is 13.8. The van der Waals surface area contributed by atoms with Crippen molar-refractivity contribution < 1.29 is 14.6 Å². The van der Waals surface area contributed by atoms with Gasteiger partial charge in [-0.05, 0) is 34.4 Å². The van der Waals surface area contributed by atoms with E-state index < -0.39 is 6.10 Å². The zero-order chi connectivity index (χ0) is 16.4. The number of fused-ring (bicyclic) bond motifs is 1. The van der Waals surface area contributed by atoms with Gasteiger partial charge in [0.25, 0.3) is 0 Å². The van der Waals surface area contributed by atoms with Gasteiger partial charge in [-0.1, -0.05) is 30.3 Å². The van der Waals surface area contributed by atoms with Gasteiger partial charge >= 0.3 is 0 Å². The Hall–Kier alpha value is -1.88. The van der Waals surface area contributed by atoms with Crippen LogP contribution in [0.5, 0.6) is 5.75 Å². The molecule has 4 rings (SSSR count). The molecule has 0 radical (unpaired) electrons. The molecule has 4 heteroatoms. The smallest absolute Gasteiger partial charge is 0.122 e. The summed E-state index contributed by atoms with van der Waals surface area (Å²) >= 11 is 0. The van der Waals surface area contributed by atoms with Crippen LogP contribution in [0, 0.1) is 0 Å². The Morgan fingerprint density at radius 3 is 2.50 bits per heavy atom. The molecule has 0 unspecified atom stereocenters. The summed E-state index contributed by atoms with van der Waals surface area (Å²) in [4.78, 5) is 2.25. The fourth-order valence-electron chi connectivity index (χ4n) is 3.40. The van der Waals surface area contributed by atoms with E-state index in [1.807, 2.05) is 12.1 Å². The molecule has 2 heterocycles. The van der Waals surface area contributed by atoms with Crippen LogP contribution in [-0.4, -0.2) is 49.5 Å². The molecule has 2 aromatic carbocycles. The molecule has 0 aliphatic carbocycles. The molecule has 0 amide bonds. The van der Waals surface area contributed by atoms with Crippen LogP contribution < -0.4 is 4.74 Å². The second kappa shape index (κ2) is 6.93. The normalized spacial score (nSPS) is 18.9. The molecule has 0 bridgehead atoms. The number of ether oxygens (including phenoxy) is 2. The lowest BCUT2D eigenvalue weighted by Gasteiger charge is -2.28. The van der Waals surface area contributed by atoms with Crippen LogP contribution in [0.15, 0.2) is 42.5 Å². The van der Waals surface area contributed by atoms with E-state index in [4.69, 9.17) is 9.47 Å². The van der Waals surface area contributed by atoms with Crippen molar-refractivity contribution in [3.05, 3.63) is 53.6 Å². The third-order valence-electron chi connectivity index (χ3n) is 4.85. The Kier molecular flexibility index (Phi) is 4.52. The maximum Gasteiger partial charge on any atom is 0.122 e. The van der Waals surface area contributed by atoms with Gasteiger partial charge in [-0.3, -0.25) is 4.90 Å². The Labute approximate surface area is 142 Å². The molecular weight excluding hydrogens is 302 g/mol. The molecule has 2 aromatic rings. The predicted octanol–water partition coefficient (Wildman–Crippen LogP) is 2.65. The van der Waals surface area contributed by atoms with Crippen LogP contribution in [0.4, 0.5) is 0 Å². The molecule has 4 nitrogen and oxygen atoms in total. The summed E-state index contributed by atoms with van der Waals surface area (Å²) < 4.78 is 10.9. The lowest BCUT2D eigenvalue weighted by Crippen LogP contribution is -2.38. The fourth-order valence-corrected chi connectivity index (χ4v) is 3.40. The van der Waals surface area contributed by atoms with Crippen LogP contribution in [-0.2, 0) is 11.2 Å². The van der Waals surface area contributed by atoms with E-state index in [-0.39, 0.29) is 0 Å². The largest absolute Gasteiger partial charge is 0.493 e. The number of hydrogen-bond acceptors (Lipinski definition) is 4. The molecule has 24 heavy (non-hydrogen) atoms. The summed E-state index contributed by atoms with van der Waals surface area (Å²) in [6, 6.07) is 14.6. The summed E-state index contributed by atoms with van der Waals surface area (Å²) in [5.74, 6) is 1.01. The van der Waals surface area contributed by atoms with E-state index in [0.29, 0.717) is 6.54 Å². The number of nitrogens with zero attached hydrogens (tertiary/aromatic N) is 1. The van der Waals surface area contributed by atoms with Crippen molar-refractivity contribution in [3.63, 3.8) is 0 Å². The molecule has 0 spiro atoms. The highest BCUT2D eigenvalue weighted by Gasteiger charge is 2.17. The summed E-state index contributed by atoms with van der Waals surface area (Å²) in [6.07, 6.45) is 0.532. The minimum Gasteiger partial charge on any atom is -0.493 e. The van der Waals surface area contributed by atoms with Gasteiger partial charge in [0.05, 0.1) is 25.9 Å². The number of hydrogen-bond donors (Lipinski definition) is 1. The first-order valence-electron chi connectivity index (χ1n) is 8.64. The monoisotopic (exact) mass is 325 g/mol. The van der Waals surface area contributed by atoms with Gasteiger partial charge in [-0.2, -0.15) is 0 Å². The summed E-state index contributed by atoms with van der Waals surface area (Å²) in [7, 11) is 0. The number of morpholine rings is 1. The lowest BCUT2D eigenvalue weighted by molar-refractivity contribution is 0.0143. The third kappa shape index (κ3) is 3.31. The van der Waals surface area contributed by atoms with Crippen LogP contribution in [0.3, 0.4) is 0 Å². The van der Waals surface area contributed by atoms with E-state index in [1.165, 1.54) is 16.7 Å². The highest BCUT2D eigenvalue weighted by atomic mass is 16.5. The second-order valence-corrected chi connectivity index (χ2v) is 6.47. The van der Waals surface area contributed by atoms with Crippen LogP contribution in [0.1, 0.15) is 17.2 Å². The summed E-state index contributed by atoms with van der Waals surface area (Å²) in [5, 5.41) is 10.5. The van der Waals surface area contributed by atoms with Crippen molar-refractivity contribution in [2.24, 2.45) is 0 Å². The van der Waals surface area contributed by atoms with Crippen molar-refractivity contribution in [2.45, 2.75) is 12.5 Å². The molecule has 1 N–H and O–H groups in total. The number of aliphatic hydroxyl groups is 1. The quantitative estimate of drug-likeness (QED) is 0.938. The Morgan fingerprint density at radius 1 is 0.958 bits per heavy atom. The van der Waals surface area contributed by atoms with E-state index in [1.54, 1.807) is 0 Å². The molecule has 0 aromatic heterocycles. The SMILES string of the molecule is O[C@@H](CN1CCOCC1)c1ccc(-c2ccc3c(c2)CCO3)cc1. The average Bonchev–Trinajstić information content (AvgIpc) is 3.10. The second-order valence-electron chi connectivity index (χ2n) is 6.47. The van der Waals surface area contributed by atoms with E-state index in [0.717, 1.165) is 50.6 Å². The Balaban J connectivity index is 1.46. The molecule has 1 atom stereocenters. The number of aliphatic hydroxyl groups excluding tert-OH is 1. The lowest BCUT2D eigenvalue weighted by atomic mass is 9.99.